The van der Waals surface area contributed by atoms with E-state index in [0.29, 0.717) is 17.2 Å². The van der Waals surface area contributed by atoms with E-state index in [4.69, 9.17) is 4.74 Å². The number of anilines is 1. The van der Waals surface area contributed by atoms with Crippen molar-refractivity contribution in [1.82, 2.24) is 0 Å². The molecule has 0 unspecified atom stereocenters. The molecule has 0 saturated heterocycles. The SMILES string of the molecule is CCOC(=O)c1c(NC(=O)C=Cc2ccc(C(C)(C)C)cc2)sc2c1CCCC2. The highest BCUT2D eigenvalue weighted by Crippen LogP contribution is 2.38. The van der Waals surface area contributed by atoms with Gasteiger partial charge in [0.05, 0.1) is 12.2 Å². The Morgan fingerprint density at radius 1 is 1.14 bits per heavy atom. The van der Waals surface area contributed by atoms with Crippen LogP contribution in [0, 0.1) is 0 Å². The van der Waals surface area contributed by atoms with Gasteiger partial charge in [-0.05, 0) is 60.8 Å². The van der Waals surface area contributed by atoms with Gasteiger partial charge in [0.2, 0.25) is 5.91 Å². The third-order valence-corrected chi connectivity index (χ3v) is 6.30. The van der Waals surface area contributed by atoms with E-state index in [1.165, 1.54) is 27.9 Å². The molecule has 1 aromatic heterocycles. The van der Waals surface area contributed by atoms with Gasteiger partial charge in [-0.2, -0.15) is 0 Å². The molecule has 4 nitrogen and oxygen atoms in total. The maximum atomic E-state index is 12.5. The van der Waals surface area contributed by atoms with Crippen molar-refractivity contribution in [1.29, 1.82) is 0 Å². The molecule has 0 aliphatic heterocycles. The summed E-state index contributed by atoms with van der Waals surface area (Å²) in [6.45, 7) is 8.64. The van der Waals surface area contributed by atoms with Crippen molar-refractivity contribution in [2.75, 3.05) is 11.9 Å². The second kappa shape index (κ2) is 8.95. The van der Waals surface area contributed by atoms with E-state index in [9.17, 15) is 9.59 Å². The summed E-state index contributed by atoms with van der Waals surface area (Å²) < 4.78 is 5.24. The molecule has 29 heavy (non-hydrogen) atoms. The third kappa shape index (κ3) is 5.15. The number of benzene rings is 1. The first kappa shape index (κ1) is 21.3. The molecule has 1 aromatic carbocycles. The van der Waals surface area contributed by atoms with Gasteiger partial charge in [0.15, 0.2) is 0 Å². The lowest BCUT2D eigenvalue weighted by atomic mass is 9.87. The van der Waals surface area contributed by atoms with E-state index in [0.717, 1.165) is 36.8 Å². The van der Waals surface area contributed by atoms with Crippen LogP contribution in [0.3, 0.4) is 0 Å². The van der Waals surface area contributed by atoms with E-state index < -0.39 is 0 Å². The van der Waals surface area contributed by atoms with Crippen LogP contribution in [-0.4, -0.2) is 18.5 Å². The Balaban J connectivity index is 1.76. The average Bonchev–Trinajstić information content (AvgIpc) is 3.04. The molecule has 1 heterocycles. The molecule has 0 atom stereocenters. The standard InChI is InChI=1S/C24H29NO3S/c1-5-28-23(27)21-18-8-6-7-9-19(18)29-22(21)25-20(26)15-12-16-10-13-17(14-11-16)24(2,3)4/h10-15H,5-9H2,1-4H3,(H,25,26). The number of fused-ring (bicyclic) bond motifs is 1. The Hall–Kier alpha value is -2.40. The Labute approximate surface area is 177 Å². The summed E-state index contributed by atoms with van der Waals surface area (Å²) >= 11 is 1.50. The molecule has 0 spiro atoms. The number of hydrogen-bond acceptors (Lipinski definition) is 4. The van der Waals surface area contributed by atoms with Crippen molar-refractivity contribution in [3.8, 4) is 0 Å². The maximum Gasteiger partial charge on any atom is 0.341 e. The first-order valence-electron chi connectivity index (χ1n) is 10.2. The molecule has 1 N–H and O–H groups in total. The molecule has 0 radical (unpaired) electrons. The molecule has 2 aromatic rings. The smallest absolute Gasteiger partial charge is 0.341 e. The minimum Gasteiger partial charge on any atom is -0.462 e. The molecule has 1 aliphatic rings. The van der Waals surface area contributed by atoms with Gasteiger partial charge in [-0.25, -0.2) is 4.79 Å². The zero-order valence-corrected chi connectivity index (χ0v) is 18.4. The number of rotatable bonds is 5. The second-order valence-corrected chi connectivity index (χ2v) is 9.44. The molecule has 3 rings (SSSR count). The molecule has 1 amide bonds. The van der Waals surface area contributed by atoms with Crippen molar-refractivity contribution in [3.63, 3.8) is 0 Å². The number of carbonyl (C=O) groups excluding carboxylic acids is 2. The number of carbonyl (C=O) groups is 2. The van der Waals surface area contributed by atoms with Gasteiger partial charge < -0.3 is 10.1 Å². The molecule has 0 saturated carbocycles. The number of esters is 1. The number of ether oxygens (including phenoxy) is 1. The highest BCUT2D eigenvalue weighted by molar-refractivity contribution is 7.17. The number of thiophene rings is 1. The zero-order chi connectivity index (χ0) is 21.0. The van der Waals surface area contributed by atoms with Gasteiger partial charge in [0.1, 0.15) is 5.00 Å². The topological polar surface area (TPSA) is 55.4 Å². The summed E-state index contributed by atoms with van der Waals surface area (Å²) in [5.41, 5.74) is 3.91. The molecule has 0 fully saturated rings. The van der Waals surface area contributed by atoms with Gasteiger partial charge in [0.25, 0.3) is 0 Å². The number of hydrogen-bond donors (Lipinski definition) is 1. The number of aryl methyl sites for hydroxylation is 1. The van der Waals surface area contributed by atoms with Crippen LogP contribution in [0.4, 0.5) is 5.00 Å². The van der Waals surface area contributed by atoms with E-state index in [1.54, 1.807) is 13.0 Å². The lowest BCUT2D eigenvalue weighted by Crippen LogP contribution is -2.14. The summed E-state index contributed by atoms with van der Waals surface area (Å²) in [5.74, 6) is -0.585. The summed E-state index contributed by atoms with van der Waals surface area (Å²) in [5, 5.41) is 3.51. The van der Waals surface area contributed by atoms with E-state index in [2.05, 4.69) is 38.2 Å². The first-order chi connectivity index (χ1) is 13.8. The van der Waals surface area contributed by atoms with E-state index in [1.807, 2.05) is 12.1 Å². The van der Waals surface area contributed by atoms with Gasteiger partial charge in [-0.1, -0.05) is 45.0 Å². The summed E-state index contributed by atoms with van der Waals surface area (Å²) in [4.78, 5) is 26.2. The van der Waals surface area contributed by atoms with Crippen molar-refractivity contribution in [2.24, 2.45) is 0 Å². The normalized spacial score (nSPS) is 13.9. The largest absolute Gasteiger partial charge is 0.462 e. The van der Waals surface area contributed by atoms with Crippen LogP contribution < -0.4 is 5.32 Å². The predicted octanol–water partition coefficient (Wildman–Crippen LogP) is 5.75. The summed E-state index contributed by atoms with van der Waals surface area (Å²) in [6.07, 6.45) is 7.31. The fraction of sp³-hybridized carbons (Fsp3) is 0.417. The van der Waals surface area contributed by atoms with Gasteiger partial charge in [0, 0.05) is 11.0 Å². The Morgan fingerprint density at radius 2 is 1.83 bits per heavy atom. The van der Waals surface area contributed by atoms with E-state index in [-0.39, 0.29) is 17.3 Å². The summed E-state index contributed by atoms with van der Waals surface area (Å²) in [6, 6.07) is 8.20. The lowest BCUT2D eigenvalue weighted by Gasteiger charge is -2.18. The quantitative estimate of drug-likeness (QED) is 0.503. The van der Waals surface area contributed by atoms with Crippen molar-refractivity contribution in [3.05, 3.63) is 57.5 Å². The maximum absolute atomic E-state index is 12.5. The van der Waals surface area contributed by atoms with Crippen LogP contribution in [0.5, 0.6) is 0 Å². The monoisotopic (exact) mass is 411 g/mol. The first-order valence-corrected chi connectivity index (χ1v) is 11.0. The minimum absolute atomic E-state index is 0.0986. The van der Waals surface area contributed by atoms with Crippen LogP contribution in [0.1, 0.15) is 72.5 Å². The number of nitrogens with one attached hydrogen (secondary N) is 1. The van der Waals surface area contributed by atoms with E-state index >= 15 is 0 Å². The molecule has 0 bridgehead atoms. The van der Waals surface area contributed by atoms with Gasteiger partial charge in [-0.3, -0.25) is 4.79 Å². The zero-order valence-electron chi connectivity index (χ0n) is 17.6. The third-order valence-electron chi connectivity index (χ3n) is 5.09. The molecular formula is C24H29NO3S. The van der Waals surface area contributed by atoms with Crippen LogP contribution in [0.25, 0.3) is 6.08 Å². The lowest BCUT2D eigenvalue weighted by molar-refractivity contribution is -0.111. The Morgan fingerprint density at radius 3 is 2.48 bits per heavy atom. The molecule has 5 heteroatoms. The second-order valence-electron chi connectivity index (χ2n) is 8.33. The highest BCUT2D eigenvalue weighted by atomic mass is 32.1. The highest BCUT2D eigenvalue weighted by Gasteiger charge is 2.26. The molecular weight excluding hydrogens is 382 g/mol. The Bertz CT molecular complexity index is 917. The molecule has 154 valence electrons. The minimum atomic E-state index is -0.344. The fourth-order valence-corrected chi connectivity index (χ4v) is 4.77. The predicted molar refractivity (Wildman–Crippen MR) is 120 cm³/mol. The Kier molecular flexibility index (Phi) is 6.58. The molecule has 1 aliphatic carbocycles. The van der Waals surface area contributed by atoms with Crippen molar-refractivity contribution < 1.29 is 14.3 Å². The van der Waals surface area contributed by atoms with Gasteiger partial charge >= 0.3 is 5.97 Å². The van der Waals surface area contributed by atoms with Crippen LogP contribution in [0.2, 0.25) is 0 Å². The fourth-order valence-electron chi connectivity index (χ4n) is 3.49. The van der Waals surface area contributed by atoms with Crippen LogP contribution in [0.15, 0.2) is 30.3 Å². The average molecular weight is 412 g/mol. The van der Waals surface area contributed by atoms with Crippen LogP contribution in [-0.2, 0) is 27.8 Å². The van der Waals surface area contributed by atoms with Crippen LogP contribution >= 0.6 is 11.3 Å². The summed E-state index contributed by atoms with van der Waals surface area (Å²) in [7, 11) is 0. The van der Waals surface area contributed by atoms with Crippen molar-refractivity contribution in [2.45, 2.75) is 58.8 Å². The number of amides is 1. The van der Waals surface area contributed by atoms with Crippen molar-refractivity contribution >= 4 is 34.3 Å². The van der Waals surface area contributed by atoms with Gasteiger partial charge in [-0.15, -0.1) is 11.3 Å².